The molecular formula is C11H15N5O2. The summed E-state index contributed by atoms with van der Waals surface area (Å²) in [5, 5.41) is 33.1. The van der Waals surface area contributed by atoms with Crippen LogP contribution in [-0.2, 0) is 0 Å². The number of nitrogens with zero attached hydrogens (tertiary/aromatic N) is 3. The van der Waals surface area contributed by atoms with Gasteiger partial charge in [-0.05, 0) is 23.7 Å². The second-order valence-electron chi connectivity index (χ2n) is 3.95. The molecule has 0 aliphatic rings. The molecule has 1 aromatic carbocycles. The smallest absolute Gasteiger partial charge is 0.204 e. The van der Waals surface area contributed by atoms with E-state index in [-0.39, 0.29) is 0 Å². The Hall–Kier alpha value is -1.83. The molecule has 2 rings (SSSR count). The molecule has 0 bridgehead atoms. The fourth-order valence-corrected chi connectivity index (χ4v) is 1.66. The first-order valence-corrected chi connectivity index (χ1v) is 5.62. The fraction of sp³-hybridized carbons (Fsp3) is 0.364. The van der Waals surface area contributed by atoms with Crippen molar-refractivity contribution in [1.82, 2.24) is 20.6 Å². The number of benzene rings is 1. The lowest BCUT2D eigenvalue weighted by molar-refractivity contribution is 0.0150. The van der Waals surface area contributed by atoms with Crippen LogP contribution in [0.4, 0.5) is 0 Å². The van der Waals surface area contributed by atoms with Crippen molar-refractivity contribution >= 4 is 0 Å². The molecule has 2 atom stereocenters. The summed E-state index contributed by atoms with van der Waals surface area (Å²) in [7, 11) is 0. The third-order valence-corrected chi connectivity index (χ3v) is 2.68. The molecule has 18 heavy (non-hydrogen) atoms. The van der Waals surface area contributed by atoms with E-state index in [9.17, 15) is 10.2 Å². The van der Waals surface area contributed by atoms with E-state index in [1.54, 1.807) is 24.3 Å². The molecule has 96 valence electrons. The number of H-pyrrole nitrogens is 1. The van der Waals surface area contributed by atoms with E-state index in [4.69, 9.17) is 5.73 Å². The van der Waals surface area contributed by atoms with Crippen LogP contribution in [0.2, 0.25) is 0 Å². The minimum atomic E-state index is -0.937. The van der Waals surface area contributed by atoms with Crippen molar-refractivity contribution in [1.29, 1.82) is 0 Å². The van der Waals surface area contributed by atoms with Gasteiger partial charge in [-0.2, -0.15) is 5.21 Å². The highest BCUT2D eigenvalue weighted by molar-refractivity contribution is 5.54. The lowest BCUT2D eigenvalue weighted by atomic mass is 10.0. The van der Waals surface area contributed by atoms with Gasteiger partial charge in [-0.15, -0.1) is 10.2 Å². The van der Waals surface area contributed by atoms with Gasteiger partial charge in [0.25, 0.3) is 0 Å². The lowest BCUT2D eigenvalue weighted by Gasteiger charge is -2.17. The van der Waals surface area contributed by atoms with Gasteiger partial charge >= 0.3 is 0 Å². The molecule has 0 radical (unpaired) electrons. The third kappa shape index (κ3) is 2.70. The highest BCUT2D eigenvalue weighted by Gasteiger charge is 2.17. The first-order valence-electron chi connectivity index (χ1n) is 5.62. The molecule has 0 aliphatic carbocycles. The summed E-state index contributed by atoms with van der Waals surface area (Å²) >= 11 is 0. The van der Waals surface area contributed by atoms with Gasteiger partial charge in [0.05, 0.1) is 6.10 Å². The maximum absolute atomic E-state index is 9.89. The topological polar surface area (TPSA) is 121 Å². The minimum absolute atomic E-state index is 0.333. The summed E-state index contributed by atoms with van der Waals surface area (Å²) in [6.45, 7) is 0.333. The average molecular weight is 249 g/mol. The number of nitrogens with one attached hydrogen (secondary N) is 1. The van der Waals surface area contributed by atoms with Crippen molar-refractivity contribution in [2.24, 2.45) is 5.73 Å². The summed E-state index contributed by atoms with van der Waals surface area (Å²) in [6, 6.07) is 6.96. The Kier molecular flexibility index (Phi) is 3.98. The number of tetrazole rings is 1. The molecule has 5 N–H and O–H groups in total. The van der Waals surface area contributed by atoms with Gasteiger partial charge in [0.2, 0.25) is 5.82 Å². The predicted octanol–water partition coefficient (Wildman–Crippen LogP) is -0.390. The Morgan fingerprint density at radius 3 is 2.50 bits per heavy atom. The van der Waals surface area contributed by atoms with Crippen molar-refractivity contribution in [3.8, 4) is 11.4 Å². The molecule has 2 aromatic rings. The van der Waals surface area contributed by atoms with Crippen LogP contribution in [0.5, 0.6) is 0 Å². The molecule has 0 saturated heterocycles. The lowest BCUT2D eigenvalue weighted by Crippen LogP contribution is -2.21. The van der Waals surface area contributed by atoms with Crippen LogP contribution < -0.4 is 5.73 Å². The van der Waals surface area contributed by atoms with Crippen LogP contribution in [0.3, 0.4) is 0 Å². The zero-order valence-corrected chi connectivity index (χ0v) is 9.69. The van der Waals surface area contributed by atoms with Crippen LogP contribution in [0.15, 0.2) is 24.3 Å². The maximum atomic E-state index is 9.89. The predicted molar refractivity (Wildman–Crippen MR) is 64.3 cm³/mol. The van der Waals surface area contributed by atoms with E-state index in [0.29, 0.717) is 24.4 Å². The Morgan fingerprint density at radius 1 is 1.22 bits per heavy atom. The van der Waals surface area contributed by atoms with Gasteiger partial charge in [0.1, 0.15) is 6.10 Å². The second kappa shape index (κ2) is 5.67. The molecule has 0 aliphatic heterocycles. The molecule has 1 heterocycles. The highest BCUT2D eigenvalue weighted by Crippen LogP contribution is 2.21. The van der Waals surface area contributed by atoms with Crippen molar-refractivity contribution in [3.05, 3.63) is 29.8 Å². The van der Waals surface area contributed by atoms with E-state index in [1.807, 2.05) is 0 Å². The Bertz CT molecular complexity index is 471. The van der Waals surface area contributed by atoms with E-state index >= 15 is 0 Å². The Balaban J connectivity index is 2.12. The first kappa shape index (κ1) is 12.6. The normalized spacial score (nSPS) is 14.4. The molecule has 0 amide bonds. The Morgan fingerprint density at radius 2 is 1.94 bits per heavy atom. The molecule has 2 unspecified atom stereocenters. The standard InChI is InChI=1S/C11H15N5O2/c12-6-5-9(17)10(18)7-1-3-8(4-2-7)11-13-15-16-14-11/h1-4,9-10,17-18H,5-6,12H2,(H,13,14,15,16). The van der Waals surface area contributed by atoms with Crippen LogP contribution in [0.1, 0.15) is 18.1 Å². The van der Waals surface area contributed by atoms with Gasteiger partial charge < -0.3 is 15.9 Å². The minimum Gasteiger partial charge on any atom is -0.390 e. The van der Waals surface area contributed by atoms with Crippen molar-refractivity contribution in [2.75, 3.05) is 6.54 Å². The number of aliphatic hydroxyl groups is 2. The zero-order chi connectivity index (χ0) is 13.0. The number of hydrogen-bond acceptors (Lipinski definition) is 6. The fourth-order valence-electron chi connectivity index (χ4n) is 1.66. The summed E-state index contributed by atoms with van der Waals surface area (Å²) in [4.78, 5) is 0. The number of aliphatic hydroxyl groups excluding tert-OH is 2. The van der Waals surface area contributed by atoms with Crippen LogP contribution in [0, 0.1) is 0 Å². The van der Waals surface area contributed by atoms with E-state index in [0.717, 1.165) is 5.56 Å². The Labute approximate surface area is 104 Å². The summed E-state index contributed by atoms with van der Waals surface area (Å²) in [6.07, 6.45) is -1.44. The van der Waals surface area contributed by atoms with Crippen molar-refractivity contribution in [3.63, 3.8) is 0 Å². The molecular weight excluding hydrogens is 234 g/mol. The summed E-state index contributed by atoms with van der Waals surface area (Å²) in [5.74, 6) is 0.485. The van der Waals surface area contributed by atoms with Gasteiger partial charge in [0, 0.05) is 5.56 Å². The molecule has 7 heteroatoms. The number of rotatable bonds is 5. The average Bonchev–Trinajstić information content (AvgIpc) is 2.92. The van der Waals surface area contributed by atoms with E-state index in [1.165, 1.54) is 0 Å². The largest absolute Gasteiger partial charge is 0.390 e. The third-order valence-electron chi connectivity index (χ3n) is 2.68. The summed E-state index contributed by atoms with van der Waals surface area (Å²) < 4.78 is 0. The first-order chi connectivity index (χ1) is 8.72. The van der Waals surface area contributed by atoms with Gasteiger partial charge in [-0.1, -0.05) is 24.3 Å². The number of nitrogens with two attached hydrogens (primary N) is 1. The molecule has 7 nitrogen and oxygen atoms in total. The molecule has 0 saturated carbocycles. The number of aromatic amines is 1. The highest BCUT2D eigenvalue weighted by atomic mass is 16.3. The molecule has 0 spiro atoms. The van der Waals surface area contributed by atoms with Crippen molar-refractivity contribution in [2.45, 2.75) is 18.6 Å². The van der Waals surface area contributed by atoms with Gasteiger partial charge in [-0.25, -0.2) is 0 Å². The quantitative estimate of drug-likeness (QED) is 0.572. The zero-order valence-electron chi connectivity index (χ0n) is 9.69. The SMILES string of the molecule is NCCC(O)C(O)c1ccc(-c2nn[nH]n2)cc1. The van der Waals surface area contributed by atoms with Crippen LogP contribution in [0.25, 0.3) is 11.4 Å². The molecule has 1 aromatic heterocycles. The molecule has 0 fully saturated rings. The monoisotopic (exact) mass is 249 g/mol. The number of hydrogen-bond donors (Lipinski definition) is 4. The second-order valence-corrected chi connectivity index (χ2v) is 3.95. The van der Waals surface area contributed by atoms with Gasteiger partial charge in [-0.3, -0.25) is 0 Å². The van der Waals surface area contributed by atoms with Crippen LogP contribution >= 0.6 is 0 Å². The van der Waals surface area contributed by atoms with E-state index in [2.05, 4.69) is 20.6 Å². The van der Waals surface area contributed by atoms with E-state index < -0.39 is 12.2 Å². The van der Waals surface area contributed by atoms with Crippen molar-refractivity contribution < 1.29 is 10.2 Å². The van der Waals surface area contributed by atoms with Crippen LogP contribution in [-0.4, -0.2) is 43.5 Å². The maximum Gasteiger partial charge on any atom is 0.204 e. The van der Waals surface area contributed by atoms with Gasteiger partial charge in [0.15, 0.2) is 0 Å². The number of aromatic nitrogens is 4. The summed E-state index contributed by atoms with van der Waals surface area (Å²) in [5.41, 5.74) is 6.75.